The van der Waals surface area contributed by atoms with E-state index < -0.39 is 0 Å². The Labute approximate surface area is 170 Å². The largest absolute Gasteiger partial charge is 0.0695 e. The van der Waals surface area contributed by atoms with Gasteiger partial charge in [-0.05, 0) is 61.9 Å². The first kappa shape index (κ1) is 15.5. The third-order valence-electron chi connectivity index (χ3n) is 7.26. The average molecular weight is 368 g/mol. The molecule has 0 aliphatic heterocycles. The zero-order valence-electron chi connectivity index (χ0n) is 16.1. The fourth-order valence-electron chi connectivity index (χ4n) is 6.16. The minimum absolute atomic E-state index is 0.0450. The molecule has 0 N–H and O–H groups in total. The van der Waals surface area contributed by atoms with Gasteiger partial charge < -0.3 is 0 Å². The molecule has 136 valence electrons. The SMILES string of the molecule is C1=CC2=C(c3c4ccccc4cc4ccccc34)[C@H]3C[C@]2(C=C1)c1ccccc13. The molecule has 0 radical (unpaired) electrons. The van der Waals surface area contributed by atoms with E-state index in [2.05, 4.69) is 103 Å². The molecule has 4 aromatic rings. The van der Waals surface area contributed by atoms with Crippen molar-refractivity contribution in [2.45, 2.75) is 17.8 Å². The van der Waals surface area contributed by atoms with E-state index in [0.29, 0.717) is 5.92 Å². The Morgan fingerprint density at radius 1 is 0.724 bits per heavy atom. The highest BCUT2D eigenvalue weighted by Crippen LogP contribution is 2.65. The van der Waals surface area contributed by atoms with Crippen molar-refractivity contribution in [2.24, 2.45) is 0 Å². The van der Waals surface area contributed by atoms with Crippen molar-refractivity contribution in [3.63, 3.8) is 0 Å². The van der Waals surface area contributed by atoms with E-state index in [1.54, 1.807) is 0 Å². The van der Waals surface area contributed by atoms with Crippen LogP contribution in [0.5, 0.6) is 0 Å². The third kappa shape index (κ3) is 1.85. The maximum atomic E-state index is 2.45. The molecule has 0 heteroatoms. The summed E-state index contributed by atoms with van der Waals surface area (Å²) >= 11 is 0. The Bertz CT molecular complexity index is 1380. The lowest BCUT2D eigenvalue weighted by atomic mass is 9.71. The summed E-state index contributed by atoms with van der Waals surface area (Å²) in [7, 11) is 0. The summed E-state index contributed by atoms with van der Waals surface area (Å²) in [5, 5.41) is 5.40. The van der Waals surface area contributed by atoms with Gasteiger partial charge in [-0.25, -0.2) is 0 Å². The first-order valence-corrected chi connectivity index (χ1v) is 10.5. The van der Waals surface area contributed by atoms with E-state index in [4.69, 9.17) is 0 Å². The van der Waals surface area contributed by atoms with Gasteiger partial charge in [0.25, 0.3) is 0 Å². The zero-order chi connectivity index (χ0) is 19.0. The Balaban J connectivity index is 1.66. The number of hydrogen-bond acceptors (Lipinski definition) is 0. The van der Waals surface area contributed by atoms with Crippen LogP contribution in [0, 0.1) is 0 Å². The molecule has 0 saturated carbocycles. The molecule has 7 rings (SSSR count). The first-order chi connectivity index (χ1) is 14.4. The maximum Gasteiger partial charge on any atom is 0.0400 e. The van der Waals surface area contributed by atoms with Gasteiger partial charge in [-0.15, -0.1) is 0 Å². The Morgan fingerprint density at radius 3 is 2.21 bits per heavy atom. The Kier molecular flexibility index (Phi) is 2.87. The molecule has 0 heterocycles. The lowest BCUT2D eigenvalue weighted by Crippen LogP contribution is -2.22. The highest BCUT2D eigenvalue weighted by Gasteiger charge is 2.53. The van der Waals surface area contributed by atoms with Crippen molar-refractivity contribution in [2.75, 3.05) is 0 Å². The van der Waals surface area contributed by atoms with Gasteiger partial charge in [0.05, 0.1) is 0 Å². The van der Waals surface area contributed by atoms with Gasteiger partial charge in [0.1, 0.15) is 0 Å². The highest BCUT2D eigenvalue weighted by molar-refractivity contribution is 6.11. The minimum atomic E-state index is 0.0450. The lowest BCUT2D eigenvalue weighted by Gasteiger charge is -2.32. The quantitative estimate of drug-likeness (QED) is 0.309. The van der Waals surface area contributed by atoms with E-state index in [9.17, 15) is 0 Å². The summed E-state index contributed by atoms with van der Waals surface area (Å²) in [5.41, 5.74) is 7.55. The molecule has 0 unspecified atom stereocenters. The highest BCUT2D eigenvalue weighted by atomic mass is 14.5. The van der Waals surface area contributed by atoms with Gasteiger partial charge in [0.2, 0.25) is 0 Å². The van der Waals surface area contributed by atoms with Crippen LogP contribution in [0.3, 0.4) is 0 Å². The molecule has 2 atom stereocenters. The van der Waals surface area contributed by atoms with E-state index >= 15 is 0 Å². The van der Waals surface area contributed by atoms with Gasteiger partial charge in [-0.3, -0.25) is 0 Å². The molecule has 2 bridgehead atoms. The van der Waals surface area contributed by atoms with Crippen LogP contribution in [-0.2, 0) is 5.41 Å². The zero-order valence-corrected chi connectivity index (χ0v) is 16.1. The molecular formula is C29H20. The smallest absolute Gasteiger partial charge is 0.0400 e. The molecule has 1 spiro atoms. The van der Waals surface area contributed by atoms with Crippen LogP contribution in [0.1, 0.15) is 29.0 Å². The molecule has 3 aliphatic carbocycles. The number of benzene rings is 4. The normalized spacial score (nSPS) is 23.8. The van der Waals surface area contributed by atoms with E-state index in [1.165, 1.54) is 49.4 Å². The molecule has 4 aromatic carbocycles. The molecule has 0 amide bonds. The van der Waals surface area contributed by atoms with Crippen LogP contribution in [0.2, 0.25) is 0 Å². The molecular weight excluding hydrogens is 348 g/mol. The minimum Gasteiger partial charge on any atom is -0.0695 e. The van der Waals surface area contributed by atoms with Crippen LogP contribution in [0.15, 0.2) is 109 Å². The average Bonchev–Trinajstić information content (AvgIpc) is 3.29. The third-order valence-corrected chi connectivity index (χ3v) is 7.26. The second-order valence-corrected chi connectivity index (χ2v) is 8.55. The Morgan fingerprint density at radius 2 is 1.41 bits per heavy atom. The Hall–Kier alpha value is -3.38. The van der Waals surface area contributed by atoms with Gasteiger partial charge in [-0.2, -0.15) is 0 Å². The molecule has 0 nitrogen and oxygen atoms in total. The summed E-state index contributed by atoms with van der Waals surface area (Å²) in [6.07, 6.45) is 10.4. The second kappa shape index (κ2) is 5.36. The lowest BCUT2D eigenvalue weighted by molar-refractivity contribution is 0.648. The standard InChI is InChI=1S/C29H20/c1-3-11-21-19(9-1)17-20-10-2-4-12-22(20)27(21)28-24-18-29(16-8-7-15-26(28)29)25-14-6-5-13-23(24)25/h1-17,24H,18H2/t24-,29+/m0/s1. The molecule has 0 saturated heterocycles. The van der Waals surface area contributed by atoms with Crippen LogP contribution >= 0.6 is 0 Å². The van der Waals surface area contributed by atoms with Crippen molar-refractivity contribution in [3.05, 3.63) is 125 Å². The van der Waals surface area contributed by atoms with E-state index in [1.807, 2.05) is 0 Å². The monoisotopic (exact) mass is 368 g/mol. The predicted octanol–water partition coefficient (Wildman–Crippen LogP) is 7.31. The summed E-state index contributed by atoms with van der Waals surface area (Å²) in [4.78, 5) is 0. The van der Waals surface area contributed by atoms with Gasteiger partial charge in [0, 0.05) is 11.3 Å². The first-order valence-electron chi connectivity index (χ1n) is 10.5. The van der Waals surface area contributed by atoms with Gasteiger partial charge in [-0.1, -0.05) is 97.1 Å². The van der Waals surface area contributed by atoms with Crippen molar-refractivity contribution in [1.82, 2.24) is 0 Å². The van der Waals surface area contributed by atoms with Crippen LogP contribution in [-0.4, -0.2) is 0 Å². The van der Waals surface area contributed by atoms with Crippen molar-refractivity contribution >= 4 is 27.1 Å². The van der Waals surface area contributed by atoms with E-state index in [0.717, 1.165) is 6.42 Å². The molecule has 0 aromatic heterocycles. The topological polar surface area (TPSA) is 0 Å². The fourth-order valence-corrected chi connectivity index (χ4v) is 6.16. The molecule has 0 fully saturated rings. The maximum absolute atomic E-state index is 2.45. The van der Waals surface area contributed by atoms with Crippen molar-refractivity contribution < 1.29 is 0 Å². The van der Waals surface area contributed by atoms with E-state index in [-0.39, 0.29) is 5.41 Å². The number of hydrogen-bond donors (Lipinski definition) is 0. The van der Waals surface area contributed by atoms with Crippen molar-refractivity contribution in [3.8, 4) is 0 Å². The van der Waals surface area contributed by atoms with Gasteiger partial charge >= 0.3 is 0 Å². The molecule has 3 aliphatic rings. The number of allylic oxidation sites excluding steroid dienone is 6. The summed E-state index contributed by atoms with van der Waals surface area (Å²) in [5.74, 6) is 0.461. The van der Waals surface area contributed by atoms with Gasteiger partial charge in [0.15, 0.2) is 0 Å². The number of fused-ring (bicyclic) bond motifs is 5. The fraction of sp³-hybridized carbons (Fsp3) is 0.103. The van der Waals surface area contributed by atoms with Crippen LogP contribution in [0.4, 0.5) is 0 Å². The van der Waals surface area contributed by atoms with Crippen LogP contribution < -0.4 is 0 Å². The molecule has 29 heavy (non-hydrogen) atoms. The predicted molar refractivity (Wildman–Crippen MR) is 122 cm³/mol. The van der Waals surface area contributed by atoms with Crippen molar-refractivity contribution in [1.29, 1.82) is 0 Å². The second-order valence-electron chi connectivity index (χ2n) is 8.55. The van der Waals surface area contributed by atoms with Crippen LogP contribution in [0.25, 0.3) is 27.1 Å². The summed E-state index contributed by atoms with van der Waals surface area (Å²) in [6, 6.07) is 29.2. The summed E-state index contributed by atoms with van der Waals surface area (Å²) in [6.45, 7) is 0. The number of rotatable bonds is 1. The summed E-state index contributed by atoms with van der Waals surface area (Å²) < 4.78 is 0.